The van der Waals surface area contributed by atoms with Crippen LogP contribution in [-0.4, -0.2) is 42.5 Å². The average molecular weight is 386 g/mol. The topological polar surface area (TPSA) is 45.6 Å². The Morgan fingerprint density at radius 1 is 1.41 bits per heavy atom. The van der Waals surface area contributed by atoms with Gasteiger partial charge in [0.2, 0.25) is 0 Å². The molecule has 1 aliphatic heterocycles. The molecule has 0 spiro atoms. The van der Waals surface area contributed by atoms with Gasteiger partial charge >= 0.3 is 0 Å². The van der Waals surface area contributed by atoms with Crippen molar-refractivity contribution in [2.45, 2.75) is 18.9 Å². The van der Waals surface area contributed by atoms with Crippen LogP contribution in [-0.2, 0) is 4.74 Å². The van der Waals surface area contributed by atoms with Crippen LogP contribution in [0, 0.1) is 0 Å². The number of pyridine rings is 1. The number of aliphatic hydroxyl groups excluding tert-OH is 1. The Kier molecular flexibility index (Phi) is 5.18. The molecule has 2 heterocycles. The summed E-state index contributed by atoms with van der Waals surface area (Å²) in [5.74, 6) is 0.925. The van der Waals surface area contributed by atoms with Crippen molar-refractivity contribution in [1.29, 1.82) is 0 Å². The van der Waals surface area contributed by atoms with Gasteiger partial charge in [-0.25, -0.2) is 4.98 Å². The summed E-state index contributed by atoms with van der Waals surface area (Å²) in [6.45, 7) is 2.22. The Balaban J connectivity index is 1.83. The maximum absolute atomic E-state index is 8.88. The monoisotopic (exact) mass is 384 g/mol. The quantitative estimate of drug-likeness (QED) is 0.873. The number of fused-ring (bicyclic) bond motifs is 1. The first-order valence-electron chi connectivity index (χ1n) is 7.40. The first kappa shape index (κ1) is 16.0. The van der Waals surface area contributed by atoms with Gasteiger partial charge in [-0.3, -0.25) is 0 Å². The second kappa shape index (κ2) is 7.13. The molecule has 1 atom stereocenters. The first-order chi connectivity index (χ1) is 10.7. The Labute approximate surface area is 143 Å². The highest BCUT2D eigenvalue weighted by Crippen LogP contribution is 2.29. The van der Waals surface area contributed by atoms with Crippen molar-refractivity contribution >= 4 is 44.3 Å². The molecular formula is C16H18BrClN2O2. The predicted octanol–water partition coefficient (Wildman–Crippen LogP) is 3.63. The summed E-state index contributed by atoms with van der Waals surface area (Å²) in [6.07, 6.45) is 2.24. The van der Waals surface area contributed by atoms with E-state index >= 15 is 0 Å². The van der Waals surface area contributed by atoms with E-state index in [0.717, 1.165) is 47.1 Å². The smallest absolute Gasteiger partial charge is 0.129 e. The number of anilines is 1. The summed E-state index contributed by atoms with van der Waals surface area (Å²) in [7, 11) is 0. The van der Waals surface area contributed by atoms with E-state index in [-0.39, 0.29) is 12.7 Å². The molecule has 0 saturated carbocycles. The number of ether oxygens (including phenoxy) is 1. The summed E-state index contributed by atoms with van der Waals surface area (Å²) in [5, 5.41) is 10.6. The zero-order valence-corrected chi connectivity index (χ0v) is 14.5. The minimum Gasteiger partial charge on any atom is -0.394 e. The highest BCUT2D eigenvalue weighted by atomic mass is 79.9. The number of hydrogen-bond acceptors (Lipinski definition) is 4. The molecule has 0 aliphatic carbocycles. The lowest BCUT2D eigenvalue weighted by atomic mass is 10.1. The van der Waals surface area contributed by atoms with E-state index in [4.69, 9.17) is 26.4 Å². The van der Waals surface area contributed by atoms with Crippen LogP contribution in [0.3, 0.4) is 0 Å². The molecule has 1 aliphatic rings. The lowest BCUT2D eigenvalue weighted by Gasteiger charge is -2.33. The standard InChI is InChI=1S/C16H18BrClN2O2/c17-12-8-11-3-4-15(19-16(11)14(18)9-12)20-5-1-2-13(10-20)22-7-6-21/h3-4,8-9,13,21H,1-2,5-7,10H2. The minimum atomic E-state index is 0.0647. The van der Waals surface area contributed by atoms with Crippen molar-refractivity contribution < 1.29 is 9.84 Å². The van der Waals surface area contributed by atoms with Gasteiger partial charge < -0.3 is 14.7 Å². The molecule has 0 amide bonds. The van der Waals surface area contributed by atoms with E-state index in [2.05, 4.69) is 20.8 Å². The van der Waals surface area contributed by atoms with Gasteiger partial charge in [0.15, 0.2) is 0 Å². The molecule has 1 fully saturated rings. The predicted molar refractivity (Wildman–Crippen MR) is 92.7 cm³/mol. The molecule has 0 radical (unpaired) electrons. The van der Waals surface area contributed by atoms with E-state index in [9.17, 15) is 0 Å². The number of rotatable bonds is 4. The van der Waals surface area contributed by atoms with Crippen LogP contribution in [0.1, 0.15) is 12.8 Å². The lowest BCUT2D eigenvalue weighted by Crippen LogP contribution is -2.40. The molecular weight excluding hydrogens is 368 g/mol. The average Bonchev–Trinajstić information content (AvgIpc) is 2.53. The molecule has 0 bridgehead atoms. The lowest BCUT2D eigenvalue weighted by molar-refractivity contribution is 0.0213. The fourth-order valence-corrected chi connectivity index (χ4v) is 3.70. The molecule has 1 aromatic heterocycles. The van der Waals surface area contributed by atoms with Gasteiger partial charge in [0.1, 0.15) is 5.82 Å². The van der Waals surface area contributed by atoms with Crippen LogP contribution in [0.2, 0.25) is 5.02 Å². The molecule has 6 heteroatoms. The molecule has 1 saturated heterocycles. The van der Waals surface area contributed by atoms with Crippen LogP contribution in [0.5, 0.6) is 0 Å². The van der Waals surface area contributed by atoms with Gasteiger partial charge in [-0.15, -0.1) is 0 Å². The molecule has 22 heavy (non-hydrogen) atoms. The van der Waals surface area contributed by atoms with Crippen molar-refractivity contribution in [3.05, 3.63) is 33.8 Å². The summed E-state index contributed by atoms with van der Waals surface area (Å²) in [4.78, 5) is 6.95. The maximum atomic E-state index is 8.88. The fourth-order valence-electron chi connectivity index (χ4n) is 2.82. The number of nitrogens with zero attached hydrogens (tertiary/aromatic N) is 2. The SMILES string of the molecule is OCCOC1CCCN(c2ccc3cc(Br)cc(Cl)c3n2)C1. The van der Waals surface area contributed by atoms with Gasteiger partial charge in [-0.05, 0) is 37.1 Å². The van der Waals surface area contributed by atoms with Crippen molar-refractivity contribution in [2.24, 2.45) is 0 Å². The minimum absolute atomic E-state index is 0.0647. The van der Waals surface area contributed by atoms with Crippen LogP contribution in [0.4, 0.5) is 5.82 Å². The van der Waals surface area contributed by atoms with Crippen LogP contribution >= 0.6 is 27.5 Å². The molecule has 1 N–H and O–H groups in total. The number of aromatic nitrogens is 1. The van der Waals surface area contributed by atoms with E-state index in [0.29, 0.717) is 11.6 Å². The Hall–Kier alpha value is -0.880. The van der Waals surface area contributed by atoms with Crippen molar-refractivity contribution in [3.63, 3.8) is 0 Å². The summed E-state index contributed by atoms with van der Waals surface area (Å²) < 4.78 is 6.61. The molecule has 3 rings (SSSR count). The zero-order chi connectivity index (χ0) is 15.5. The van der Waals surface area contributed by atoms with Gasteiger partial charge in [0.25, 0.3) is 0 Å². The molecule has 2 aromatic rings. The Morgan fingerprint density at radius 2 is 2.27 bits per heavy atom. The summed E-state index contributed by atoms with van der Waals surface area (Å²) in [6, 6.07) is 7.96. The van der Waals surface area contributed by atoms with E-state index in [1.807, 2.05) is 24.3 Å². The fraction of sp³-hybridized carbons (Fsp3) is 0.438. The van der Waals surface area contributed by atoms with Crippen molar-refractivity contribution in [3.8, 4) is 0 Å². The van der Waals surface area contributed by atoms with E-state index in [1.165, 1.54) is 0 Å². The third-order valence-corrected chi connectivity index (χ3v) is 4.59. The van der Waals surface area contributed by atoms with Gasteiger partial charge in [-0.2, -0.15) is 0 Å². The van der Waals surface area contributed by atoms with E-state index in [1.54, 1.807) is 0 Å². The molecule has 1 unspecified atom stereocenters. The third-order valence-electron chi connectivity index (χ3n) is 3.84. The number of benzene rings is 1. The second-order valence-electron chi connectivity index (χ2n) is 5.43. The number of hydrogen-bond donors (Lipinski definition) is 1. The molecule has 4 nitrogen and oxygen atoms in total. The first-order valence-corrected chi connectivity index (χ1v) is 8.57. The Bertz CT molecular complexity index is 668. The van der Waals surface area contributed by atoms with E-state index < -0.39 is 0 Å². The molecule has 118 valence electrons. The maximum Gasteiger partial charge on any atom is 0.129 e. The largest absolute Gasteiger partial charge is 0.394 e. The van der Waals surface area contributed by atoms with Gasteiger partial charge in [-0.1, -0.05) is 27.5 Å². The van der Waals surface area contributed by atoms with Crippen LogP contribution in [0.15, 0.2) is 28.7 Å². The van der Waals surface area contributed by atoms with Crippen molar-refractivity contribution in [1.82, 2.24) is 4.98 Å². The van der Waals surface area contributed by atoms with Gasteiger partial charge in [0, 0.05) is 22.9 Å². The molecule has 1 aromatic carbocycles. The van der Waals surface area contributed by atoms with Crippen LogP contribution < -0.4 is 4.90 Å². The number of piperidine rings is 1. The third kappa shape index (κ3) is 3.54. The number of halogens is 2. The normalized spacial score (nSPS) is 18.9. The highest BCUT2D eigenvalue weighted by Gasteiger charge is 2.21. The Morgan fingerprint density at radius 3 is 3.09 bits per heavy atom. The van der Waals surface area contributed by atoms with Gasteiger partial charge in [0.05, 0.1) is 29.9 Å². The number of aliphatic hydroxyl groups is 1. The highest BCUT2D eigenvalue weighted by molar-refractivity contribution is 9.10. The second-order valence-corrected chi connectivity index (χ2v) is 6.76. The summed E-state index contributed by atoms with van der Waals surface area (Å²) in [5.41, 5.74) is 0.820. The summed E-state index contributed by atoms with van der Waals surface area (Å²) >= 11 is 9.76. The van der Waals surface area contributed by atoms with Crippen LogP contribution in [0.25, 0.3) is 10.9 Å². The zero-order valence-electron chi connectivity index (χ0n) is 12.1. The van der Waals surface area contributed by atoms with Crippen molar-refractivity contribution in [2.75, 3.05) is 31.2 Å².